The van der Waals surface area contributed by atoms with Crippen molar-refractivity contribution in [3.63, 3.8) is 0 Å². The summed E-state index contributed by atoms with van der Waals surface area (Å²) in [5, 5.41) is 12.5. The molecule has 2 unspecified atom stereocenters. The molecule has 2 aliphatic carbocycles. The smallest absolute Gasteiger partial charge is 0.162 e. The van der Waals surface area contributed by atoms with E-state index in [1.165, 1.54) is 36.3 Å². The zero-order valence-corrected chi connectivity index (χ0v) is 15.2. The number of hydrogen-bond donors (Lipinski definition) is 2. The molecule has 25 heavy (non-hydrogen) atoms. The minimum atomic E-state index is -0.757. The van der Waals surface area contributed by atoms with E-state index in [4.69, 9.17) is 4.99 Å². The molecule has 0 amide bonds. The van der Waals surface area contributed by atoms with Crippen molar-refractivity contribution in [2.24, 2.45) is 16.8 Å². The molecule has 2 fully saturated rings. The molecule has 132 valence electrons. The number of aliphatic hydroxyl groups excluding tert-OH is 1. The highest BCUT2D eigenvalue weighted by Gasteiger charge is 2.41. The lowest BCUT2D eigenvalue weighted by atomic mass is 9.79. The summed E-state index contributed by atoms with van der Waals surface area (Å²) < 4.78 is 2.16. The van der Waals surface area contributed by atoms with Crippen LogP contribution in [0.4, 0.5) is 5.82 Å². The van der Waals surface area contributed by atoms with Gasteiger partial charge in [0.2, 0.25) is 0 Å². The Morgan fingerprint density at radius 3 is 2.44 bits per heavy atom. The van der Waals surface area contributed by atoms with Gasteiger partial charge in [0, 0.05) is 5.92 Å². The fraction of sp³-hybridized carbons (Fsp3) is 0.500. The van der Waals surface area contributed by atoms with Gasteiger partial charge in [0.15, 0.2) is 5.82 Å². The summed E-state index contributed by atoms with van der Waals surface area (Å²) in [7, 11) is 0. The first kappa shape index (κ1) is 15.6. The number of nitrogens with zero attached hydrogens (tertiary/aromatic N) is 3. The number of imidazole rings is 1. The Kier molecular flexibility index (Phi) is 3.94. The van der Waals surface area contributed by atoms with Crippen LogP contribution in [0, 0.1) is 11.8 Å². The third kappa shape index (κ3) is 2.83. The number of thiol groups is 1. The fourth-order valence-electron chi connectivity index (χ4n) is 4.36. The summed E-state index contributed by atoms with van der Waals surface area (Å²) in [6, 6.07) is 10.9. The lowest BCUT2D eigenvalue weighted by Gasteiger charge is -2.36. The second-order valence-electron chi connectivity index (χ2n) is 7.62. The highest BCUT2D eigenvalue weighted by molar-refractivity contribution is 8.29. The summed E-state index contributed by atoms with van der Waals surface area (Å²) >= 11 is -0.757. The van der Waals surface area contributed by atoms with Gasteiger partial charge in [-0.25, -0.2) is 9.98 Å². The summed E-state index contributed by atoms with van der Waals surface area (Å²) in [6.45, 7) is 0. The predicted octanol–water partition coefficient (Wildman–Crippen LogP) is 4.39. The molecular formula is C20H25N3OS. The van der Waals surface area contributed by atoms with Crippen molar-refractivity contribution in [3.8, 4) is 0 Å². The maximum absolute atomic E-state index is 11.2. The number of aliphatic hydroxyl groups is 1. The van der Waals surface area contributed by atoms with Crippen LogP contribution in [0.1, 0.15) is 50.0 Å². The van der Waals surface area contributed by atoms with Crippen molar-refractivity contribution in [2.75, 3.05) is 0 Å². The van der Waals surface area contributed by atoms with E-state index in [0.29, 0.717) is 17.8 Å². The first-order valence-corrected chi connectivity index (χ1v) is 10.8. The van der Waals surface area contributed by atoms with Crippen LogP contribution in [0.15, 0.2) is 47.8 Å². The molecule has 2 saturated carbocycles. The summed E-state index contributed by atoms with van der Waals surface area (Å²) in [5.41, 5.74) is 1.18. The second-order valence-corrected chi connectivity index (χ2v) is 9.73. The van der Waals surface area contributed by atoms with Crippen LogP contribution in [0.5, 0.6) is 0 Å². The predicted molar refractivity (Wildman–Crippen MR) is 104 cm³/mol. The average molecular weight is 356 g/mol. The van der Waals surface area contributed by atoms with Crippen molar-refractivity contribution in [2.45, 2.75) is 49.9 Å². The Morgan fingerprint density at radius 1 is 1.00 bits per heavy atom. The van der Waals surface area contributed by atoms with Crippen molar-refractivity contribution in [1.29, 1.82) is 0 Å². The molecule has 1 aliphatic heterocycles. The lowest BCUT2D eigenvalue weighted by molar-refractivity contribution is 0.151. The Morgan fingerprint density at radius 2 is 1.72 bits per heavy atom. The van der Waals surface area contributed by atoms with Crippen molar-refractivity contribution in [3.05, 3.63) is 48.4 Å². The molecule has 0 bridgehead atoms. The van der Waals surface area contributed by atoms with Gasteiger partial charge < -0.3 is 5.11 Å². The quantitative estimate of drug-likeness (QED) is 0.799. The highest BCUT2D eigenvalue weighted by atomic mass is 32.2. The minimum absolute atomic E-state index is 0.276. The monoisotopic (exact) mass is 355 g/mol. The molecule has 0 saturated heterocycles. The maximum atomic E-state index is 11.2. The van der Waals surface area contributed by atoms with Crippen LogP contribution in [0.3, 0.4) is 0 Å². The van der Waals surface area contributed by atoms with Gasteiger partial charge in [-0.05, 0) is 55.9 Å². The van der Waals surface area contributed by atoms with Crippen LogP contribution < -0.4 is 0 Å². The number of rotatable bonds is 4. The molecule has 1 aromatic carbocycles. The Balaban J connectivity index is 1.31. The molecule has 5 rings (SSSR count). The normalized spacial score (nSPS) is 31.4. The number of benzene rings is 1. The van der Waals surface area contributed by atoms with Gasteiger partial charge in [-0.3, -0.25) is 3.97 Å². The number of hydrogen-bond acceptors (Lipinski definition) is 3. The molecule has 2 aromatic rings. The molecule has 1 N–H and O–H groups in total. The minimum Gasteiger partial charge on any atom is -0.382 e. The molecule has 0 radical (unpaired) electrons. The highest BCUT2D eigenvalue weighted by Crippen LogP contribution is 2.54. The number of aliphatic imine (C=N–C) groups is 1. The van der Waals surface area contributed by atoms with E-state index in [2.05, 4.69) is 39.3 Å². The van der Waals surface area contributed by atoms with E-state index in [-0.39, 0.29) is 5.44 Å². The van der Waals surface area contributed by atoms with Gasteiger partial charge in [0.05, 0.1) is 11.2 Å². The third-order valence-corrected chi connectivity index (χ3v) is 8.58. The lowest BCUT2D eigenvalue weighted by Crippen LogP contribution is -2.29. The topological polar surface area (TPSA) is 50.4 Å². The number of fused-ring (bicyclic) bond motifs is 1. The van der Waals surface area contributed by atoms with Crippen LogP contribution in [0.2, 0.25) is 0 Å². The van der Waals surface area contributed by atoms with Crippen LogP contribution in [0.25, 0.3) is 0 Å². The first-order chi connectivity index (χ1) is 12.3. The molecule has 0 spiro atoms. The van der Waals surface area contributed by atoms with E-state index >= 15 is 0 Å². The third-order valence-electron chi connectivity index (χ3n) is 5.95. The summed E-state index contributed by atoms with van der Waals surface area (Å²) in [4.78, 5) is 9.07. The Hall–Kier alpha value is -1.59. The maximum Gasteiger partial charge on any atom is 0.162 e. The van der Waals surface area contributed by atoms with Crippen LogP contribution >= 0.6 is 11.1 Å². The van der Waals surface area contributed by atoms with Gasteiger partial charge in [-0.1, -0.05) is 30.3 Å². The largest absolute Gasteiger partial charge is 0.382 e. The Bertz CT molecular complexity index is 775. The summed E-state index contributed by atoms with van der Waals surface area (Å²) in [6.07, 6.45) is 10.8. The van der Waals surface area contributed by atoms with Gasteiger partial charge in [-0.15, -0.1) is 11.1 Å². The van der Waals surface area contributed by atoms with Crippen molar-refractivity contribution >= 4 is 21.9 Å². The molecular weight excluding hydrogens is 330 g/mol. The molecule has 1 aromatic heterocycles. The van der Waals surface area contributed by atoms with Gasteiger partial charge in [-0.2, -0.15) is 0 Å². The van der Waals surface area contributed by atoms with E-state index < -0.39 is 11.1 Å². The zero-order valence-electron chi connectivity index (χ0n) is 14.3. The molecule has 5 heteroatoms. The van der Waals surface area contributed by atoms with Gasteiger partial charge >= 0.3 is 0 Å². The van der Waals surface area contributed by atoms with E-state index in [9.17, 15) is 5.11 Å². The fourth-order valence-corrected chi connectivity index (χ4v) is 7.13. The summed E-state index contributed by atoms with van der Waals surface area (Å²) in [5.74, 6) is 2.61. The Labute approximate surface area is 151 Å². The van der Waals surface area contributed by atoms with Gasteiger partial charge in [0.1, 0.15) is 11.8 Å². The molecule has 2 atom stereocenters. The first-order valence-electron chi connectivity index (χ1n) is 9.44. The molecule has 2 heterocycles. The number of aromatic nitrogens is 2. The van der Waals surface area contributed by atoms with Gasteiger partial charge in [0.25, 0.3) is 0 Å². The standard InChI is InChI=1S/C20H25N3OS/c24-20(17-10-6-15(7-11-17)14-4-2-1-3-5-14)25-19(16-8-9-16)22-18-12-21-13-23(18)25/h1-5,12-13,15-17,20,24-25H,6-11H2. The van der Waals surface area contributed by atoms with E-state index in [1.54, 1.807) is 0 Å². The van der Waals surface area contributed by atoms with Crippen LogP contribution in [-0.2, 0) is 0 Å². The van der Waals surface area contributed by atoms with E-state index in [0.717, 1.165) is 18.7 Å². The molecule has 4 nitrogen and oxygen atoms in total. The van der Waals surface area contributed by atoms with Crippen molar-refractivity contribution in [1.82, 2.24) is 8.96 Å². The van der Waals surface area contributed by atoms with Crippen molar-refractivity contribution < 1.29 is 5.11 Å². The second kappa shape index (κ2) is 6.29. The SMILES string of the molecule is OC(C1CCC(c2ccccc2)CC1)[SH]1C(C2CC2)=Nc2cncn21. The average Bonchev–Trinajstić information content (AvgIpc) is 3.30. The van der Waals surface area contributed by atoms with Crippen LogP contribution in [-0.4, -0.2) is 24.5 Å². The van der Waals surface area contributed by atoms with E-state index in [1.807, 2.05) is 12.5 Å². The molecule has 3 aliphatic rings. The zero-order chi connectivity index (χ0) is 16.8.